The number of carbonyl (C=O) groups is 1. The van der Waals surface area contributed by atoms with E-state index in [1.165, 1.54) is 38.5 Å². The normalized spacial score (nSPS) is 10.4. The summed E-state index contributed by atoms with van der Waals surface area (Å²) in [5.41, 5.74) is 6.20. The second-order valence-corrected chi connectivity index (χ2v) is 5.24. The molecule has 1 aromatic carbocycles. The van der Waals surface area contributed by atoms with E-state index in [1.807, 2.05) is 30.3 Å². The number of hydrogen-bond donors (Lipinski definition) is 2. The minimum atomic E-state index is 0.0346. The second kappa shape index (κ2) is 11.5. The van der Waals surface area contributed by atoms with Crippen LogP contribution < -0.4 is 11.1 Å². The van der Waals surface area contributed by atoms with Crippen molar-refractivity contribution in [1.82, 2.24) is 5.32 Å². The maximum atomic E-state index is 11.8. The summed E-state index contributed by atoms with van der Waals surface area (Å²) in [6, 6.07) is 9.39. The second-order valence-electron chi connectivity index (χ2n) is 5.24. The van der Waals surface area contributed by atoms with Crippen molar-refractivity contribution in [3.05, 3.63) is 35.9 Å². The van der Waals surface area contributed by atoms with Crippen LogP contribution in [0.4, 0.5) is 0 Å². The van der Waals surface area contributed by atoms with Crippen molar-refractivity contribution in [3.63, 3.8) is 0 Å². The summed E-state index contributed by atoms with van der Waals surface area (Å²) in [6.07, 6.45) is 9.89. The highest BCUT2D eigenvalue weighted by atomic mass is 16.1. The Morgan fingerprint density at radius 3 is 2.00 bits per heavy atom. The number of hydrogen-bond acceptors (Lipinski definition) is 2. The topological polar surface area (TPSA) is 55.1 Å². The predicted octanol–water partition coefficient (Wildman–Crippen LogP) is 3.50. The van der Waals surface area contributed by atoms with Crippen LogP contribution in [0.2, 0.25) is 0 Å². The lowest BCUT2D eigenvalue weighted by atomic mass is 10.1. The van der Waals surface area contributed by atoms with Gasteiger partial charge in [0.25, 0.3) is 5.91 Å². The van der Waals surface area contributed by atoms with E-state index in [0.717, 1.165) is 31.5 Å². The Hall–Kier alpha value is -1.35. The predicted molar refractivity (Wildman–Crippen MR) is 84.8 cm³/mol. The van der Waals surface area contributed by atoms with Crippen LogP contribution in [0.3, 0.4) is 0 Å². The SMILES string of the molecule is NCCCCCCCCCCNC(=O)c1ccccc1. The fourth-order valence-electron chi connectivity index (χ4n) is 2.22. The third-order valence-electron chi connectivity index (χ3n) is 3.45. The Balaban J connectivity index is 1.91. The van der Waals surface area contributed by atoms with Gasteiger partial charge >= 0.3 is 0 Å². The molecule has 0 saturated heterocycles. The summed E-state index contributed by atoms with van der Waals surface area (Å²) in [6.45, 7) is 1.60. The summed E-state index contributed by atoms with van der Waals surface area (Å²) >= 11 is 0. The molecule has 0 aliphatic rings. The van der Waals surface area contributed by atoms with Crippen LogP contribution in [0.5, 0.6) is 0 Å². The molecule has 0 aliphatic carbocycles. The molecular weight excluding hydrogens is 248 g/mol. The largest absolute Gasteiger partial charge is 0.352 e. The molecule has 0 spiro atoms. The molecule has 1 aromatic rings. The first-order valence-corrected chi connectivity index (χ1v) is 7.88. The molecule has 0 radical (unpaired) electrons. The number of amides is 1. The molecule has 20 heavy (non-hydrogen) atoms. The highest BCUT2D eigenvalue weighted by molar-refractivity contribution is 5.94. The molecular formula is C17H28N2O. The van der Waals surface area contributed by atoms with E-state index >= 15 is 0 Å². The first-order valence-electron chi connectivity index (χ1n) is 7.88. The summed E-state index contributed by atoms with van der Waals surface area (Å²) < 4.78 is 0. The van der Waals surface area contributed by atoms with Crippen molar-refractivity contribution >= 4 is 5.91 Å². The van der Waals surface area contributed by atoms with Gasteiger partial charge in [-0.25, -0.2) is 0 Å². The van der Waals surface area contributed by atoms with Crippen molar-refractivity contribution in [2.75, 3.05) is 13.1 Å². The molecule has 112 valence electrons. The lowest BCUT2D eigenvalue weighted by Gasteiger charge is -2.05. The van der Waals surface area contributed by atoms with Crippen LogP contribution in [0, 0.1) is 0 Å². The van der Waals surface area contributed by atoms with Crippen LogP contribution in [0.25, 0.3) is 0 Å². The molecule has 0 heterocycles. The molecule has 3 nitrogen and oxygen atoms in total. The third kappa shape index (κ3) is 7.95. The average Bonchev–Trinajstić information content (AvgIpc) is 2.50. The van der Waals surface area contributed by atoms with E-state index in [-0.39, 0.29) is 5.91 Å². The van der Waals surface area contributed by atoms with Crippen LogP contribution >= 0.6 is 0 Å². The molecule has 1 amide bonds. The van der Waals surface area contributed by atoms with E-state index < -0.39 is 0 Å². The van der Waals surface area contributed by atoms with Crippen LogP contribution in [0.1, 0.15) is 61.7 Å². The lowest BCUT2D eigenvalue weighted by molar-refractivity contribution is 0.0953. The standard InChI is InChI=1S/C17H28N2O/c18-14-10-5-3-1-2-4-6-11-15-19-17(20)16-12-8-7-9-13-16/h7-9,12-13H,1-6,10-11,14-15,18H2,(H,19,20). The van der Waals surface area contributed by atoms with Gasteiger partial charge in [-0.15, -0.1) is 0 Å². The zero-order valence-corrected chi connectivity index (χ0v) is 12.4. The fraction of sp³-hybridized carbons (Fsp3) is 0.588. The third-order valence-corrected chi connectivity index (χ3v) is 3.45. The van der Waals surface area contributed by atoms with E-state index in [4.69, 9.17) is 5.73 Å². The summed E-state index contributed by atoms with van der Waals surface area (Å²) in [5, 5.41) is 2.96. The van der Waals surface area contributed by atoms with Gasteiger partial charge in [0.15, 0.2) is 0 Å². The van der Waals surface area contributed by atoms with Gasteiger partial charge in [0.2, 0.25) is 0 Å². The number of nitrogens with one attached hydrogen (secondary N) is 1. The maximum Gasteiger partial charge on any atom is 0.251 e. The van der Waals surface area contributed by atoms with E-state index in [0.29, 0.717) is 0 Å². The number of benzene rings is 1. The van der Waals surface area contributed by atoms with Gasteiger partial charge in [0.1, 0.15) is 0 Å². The quantitative estimate of drug-likeness (QED) is 0.608. The van der Waals surface area contributed by atoms with E-state index in [1.54, 1.807) is 0 Å². The van der Waals surface area contributed by atoms with Gasteiger partial charge in [-0.1, -0.05) is 56.7 Å². The fourth-order valence-corrected chi connectivity index (χ4v) is 2.22. The number of nitrogens with two attached hydrogens (primary N) is 1. The summed E-state index contributed by atoms with van der Waals surface area (Å²) in [7, 11) is 0. The van der Waals surface area contributed by atoms with Gasteiger partial charge in [-0.3, -0.25) is 4.79 Å². The molecule has 0 aromatic heterocycles. The Kier molecular flexibility index (Phi) is 9.58. The Morgan fingerprint density at radius 2 is 1.40 bits per heavy atom. The first kappa shape index (κ1) is 16.7. The Labute approximate surface area is 122 Å². The Morgan fingerprint density at radius 1 is 0.850 bits per heavy atom. The van der Waals surface area contributed by atoms with Crippen molar-refractivity contribution in [2.24, 2.45) is 5.73 Å². The van der Waals surface area contributed by atoms with Crippen molar-refractivity contribution in [2.45, 2.75) is 51.4 Å². The average molecular weight is 276 g/mol. The van der Waals surface area contributed by atoms with Crippen molar-refractivity contribution < 1.29 is 4.79 Å². The smallest absolute Gasteiger partial charge is 0.251 e. The monoisotopic (exact) mass is 276 g/mol. The van der Waals surface area contributed by atoms with Gasteiger partial charge in [-0.05, 0) is 31.5 Å². The number of unbranched alkanes of at least 4 members (excludes halogenated alkanes) is 7. The zero-order valence-electron chi connectivity index (χ0n) is 12.4. The molecule has 0 unspecified atom stereocenters. The summed E-state index contributed by atoms with van der Waals surface area (Å²) in [5.74, 6) is 0.0346. The van der Waals surface area contributed by atoms with E-state index in [9.17, 15) is 4.79 Å². The lowest BCUT2D eigenvalue weighted by Crippen LogP contribution is -2.24. The zero-order chi connectivity index (χ0) is 14.5. The Bertz CT molecular complexity index is 351. The number of rotatable bonds is 11. The molecule has 1 rings (SSSR count). The molecule has 3 heteroatoms. The van der Waals surface area contributed by atoms with Gasteiger partial charge in [0, 0.05) is 12.1 Å². The van der Waals surface area contributed by atoms with Crippen LogP contribution in [-0.2, 0) is 0 Å². The molecule has 0 bridgehead atoms. The van der Waals surface area contributed by atoms with Crippen molar-refractivity contribution in [1.29, 1.82) is 0 Å². The van der Waals surface area contributed by atoms with Crippen molar-refractivity contribution in [3.8, 4) is 0 Å². The molecule has 3 N–H and O–H groups in total. The summed E-state index contributed by atoms with van der Waals surface area (Å²) in [4.78, 5) is 11.8. The van der Waals surface area contributed by atoms with Gasteiger partial charge < -0.3 is 11.1 Å². The minimum Gasteiger partial charge on any atom is -0.352 e. The highest BCUT2D eigenvalue weighted by Crippen LogP contribution is 2.08. The minimum absolute atomic E-state index is 0.0346. The maximum absolute atomic E-state index is 11.8. The van der Waals surface area contributed by atoms with E-state index in [2.05, 4.69) is 5.32 Å². The van der Waals surface area contributed by atoms with Crippen LogP contribution in [0.15, 0.2) is 30.3 Å². The molecule has 0 atom stereocenters. The number of carbonyl (C=O) groups excluding carboxylic acids is 1. The van der Waals surface area contributed by atoms with Gasteiger partial charge in [0.05, 0.1) is 0 Å². The van der Waals surface area contributed by atoms with Crippen LogP contribution in [-0.4, -0.2) is 19.0 Å². The molecule has 0 fully saturated rings. The molecule has 0 aliphatic heterocycles. The molecule has 0 saturated carbocycles. The highest BCUT2D eigenvalue weighted by Gasteiger charge is 2.02. The van der Waals surface area contributed by atoms with Gasteiger partial charge in [-0.2, -0.15) is 0 Å². The first-order chi connectivity index (χ1) is 9.84.